The highest BCUT2D eigenvalue weighted by Crippen LogP contribution is 2.24. The largest absolute Gasteiger partial charge is 0.479 e. The van der Waals surface area contributed by atoms with Crippen molar-refractivity contribution in [1.29, 1.82) is 0 Å². The van der Waals surface area contributed by atoms with Crippen molar-refractivity contribution in [1.82, 2.24) is 10.3 Å². The van der Waals surface area contributed by atoms with Crippen LogP contribution in [0.15, 0.2) is 42.6 Å². The summed E-state index contributed by atoms with van der Waals surface area (Å²) in [7, 11) is 0. The second kappa shape index (κ2) is 7.53. The van der Waals surface area contributed by atoms with Crippen molar-refractivity contribution in [3.05, 3.63) is 58.7 Å². The molecule has 1 fully saturated rings. The molecule has 2 N–H and O–H groups in total. The molecule has 1 amide bonds. The van der Waals surface area contributed by atoms with Crippen molar-refractivity contribution < 1.29 is 19.4 Å². The third-order valence-electron chi connectivity index (χ3n) is 4.06. The lowest BCUT2D eigenvalue weighted by Gasteiger charge is -2.25. The number of hydrogen-bond donors (Lipinski definition) is 2. The molecular weight excluding hydrogens is 344 g/mol. The van der Waals surface area contributed by atoms with Gasteiger partial charge in [-0.25, -0.2) is 9.78 Å². The van der Waals surface area contributed by atoms with Crippen LogP contribution >= 0.6 is 11.6 Å². The number of carboxylic acids is 1. The fourth-order valence-electron chi connectivity index (χ4n) is 2.43. The van der Waals surface area contributed by atoms with Gasteiger partial charge in [-0.3, -0.25) is 4.79 Å². The Morgan fingerprint density at radius 2 is 1.96 bits per heavy atom. The first kappa shape index (κ1) is 17.2. The maximum atomic E-state index is 12.4. The number of halogens is 1. The molecule has 0 radical (unpaired) electrons. The Balaban J connectivity index is 1.73. The number of pyridine rings is 1. The van der Waals surface area contributed by atoms with Gasteiger partial charge < -0.3 is 15.2 Å². The number of carboxylic acid groups (broad SMARTS) is 1. The monoisotopic (exact) mass is 360 g/mol. The fourth-order valence-corrected chi connectivity index (χ4v) is 2.56. The van der Waals surface area contributed by atoms with Gasteiger partial charge in [-0.15, -0.1) is 0 Å². The lowest BCUT2D eigenvalue weighted by Crippen LogP contribution is -2.33. The first-order valence-corrected chi connectivity index (χ1v) is 8.32. The molecular formula is C18H17ClN2O4. The van der Waals surface area contributed by atoms with Gasteiger partial charge in [-0.05, 0) is 43.0 Å². The molecule has 130 valence electrons. The Labute approximate surface area is 149 Å². The number of nitrogens with zero attached hydrogens (tertiary/aromatic N) is 1. The average molecular weight is 361 g/mol. The van der Waals surface area contributed by atoms with E-state index in [4.69, 9.17) is 16.3 Å². The number of rotatable bonds is 6. The molecule has 25 heavy (non-hydrogen) atoms. The summed E-state index contributed by atoms with van der Waals surface area (Å²) in [6.45, 7) is 0. The highest BCUT2D eigenvalue weighted by Gasteiger charge is 2.24. The van der Waals surface area contributed by atoms with E-state index in [1.807, 2.05) is 0 Å². The van der Waals surface area contributed by atoms with Gasteiger partial charge in [0, 0.05) is 22.8 Å². The second-order valence-corrected chi connectivity index (χ2v) is 6.29. The molecule has 1 aliphatic rings. The highest BCUT2D eigenvalue weighted by atomic mass is 35.5. The molecule has 1 saturated carbocycles. The molecule has 0 aliphatic heterocycles. The van der Waals surface area contributed by atoms with Gasteiger partial charge >= 0.3 is 5.97 Å². The van der Waals surface area contributed by atoms with E-state index in [2.05, 4.69) is 10.3 Å². The van der Waals surface area contributed by atoms with Gasteiger partial charge in [0.2, 0.25) is 5.88 Å². The second-order valence-electron chi connectivity index (χ2n) is 5.85. The van der Waals surface area contributed by atoms with Crippen LogP contribution in [0.1, 0.15) is 41.2 Å². The van der Waals surface area contributed by atoms with Crippen LogP contribution in [0.5, 0.6) is 5.88 Å². The number of ether oxygens (including phenoxy) is 1. The van der Waals surface area contributed by atoms with E-state index in [0.29, 0.717) is 22.0 Å². The predicted molar refractivity (Wildman–Crippen MR) is 91.8 cm³/mol. The van der Waals surface area contributed by atoms with E-state index in [9.17, 15) is 14.7 Å². The molecule has 1 aliphatic carbocycles. The zero-order chi connectivity index (χ0) is 17.8. The van der Waals surface area contributed by atoms with Crippen molar-refractivity contribution in [2.45, 2.75) is 31.4 Å². The summed E-state index contributed by atoms with van der Waals surface area (Å²) in [5.74, 6) is -1.30. The van der Waals surface area contributed by atoms with Crippen LogP contribution in [-0.2, 0) is 4.79 Å². The van der Waals surface area contributed by atoms with E-state index >= 15 is 0 Å². The first-order chi connectivity index (χ1) is 12.0. The third kappa shape index (κ3) is 4.28. The number of nitrogens with one attached hydrogen (secondary N) is 1. The summed E-state index contributed by atoms with van der Waals surface area (Å²) in [6.07, 6.45) is 4.71. The summed E-state index contributed by atoms with van der Waals surface area (Å²) >= 11 is 5.82. The lowest BCUT2D eigenvalue weighted by atomic mass is 9.96. The van der Waals surface area contributed by atoms with Crippen LogP contribution in [0.25, 0.3) is 0 Å². The molecule has 0 spiro atoms. The van der Waals surface area contributed by atoms with Crippen LogP contribution in [0.2, 0.25) is 5.02 Å². The minimum Gasteiger partial charge on any atom is -0.479 e. The molecule has 6 nitrogen and oxygen atoms in total. The van der Waals surface area contributed by atoms with E-state index in [0.717, 1.165) is 19.3 Å². The zero-order valence-corrected chi connectivity index (χ0v) is 14.1. The molecule has 3 rings (SSSR count). The predicted octanol–water partition coefficient (Wildman–Crippen LogP) is 3.22. The molecule has 1 unspecified atom stereocenters. The smallest absolute Gasteiger partial charge is 0.330 e. The third-order valence-corrected chi connectivity index (χ3v) is 4.31. The van der Waals surface area contributed by atoms with Crippen LogP contribution in [0.3, 0.4) is 0 Å². The maximum absolute atomic E-state index is 12.4. The molecule has 7 heteroatoms. The van der Waals surface area contributed by atoms with Crippen molar-refractivity contribution >= 4 is 23.5 Å². The molecule has 1 atom stereocenters. The lowest BCUT2D eigenvalue weighted by molar-refractivity contribution is -0.139. The number of amides is 1. The minimum atomic E-state index is -1.17. The molecule has 1 aromatic heterocycles. The minimum absolute atomic E-state index is 0.145. The molecule has 2 aromatic rings. The number of carbonyl (C=O) groups excluding carboxylic acids is 1. The molecule has 1 aromatic carbocycles. The Morgan fingerprint density at radius 3 is 2.56 bits per heavy atom. The molecule has 1 heterocycles. The maximum Gasteiger partial charge on any atom is 0.330 e. The van der Waals surface area contributed by atoms with Crippen LogP contribution < -0.4 is 10.1 Å². The van der Waals surface area contributed by atoms with Crippen molar-refractivity contribution in [2.24, 2.45) is 0 Å². The van der Waals surface area contributed by atoms with Gasteiger partial charge in [-0.2, -0.15) is 0 Å². The average Bonchev–Trinajstić information content (AvgIpc) is 2.57. The summed E-state index contributed by atoms with van der Waals surface area (Å²) in [6, 6.07) is 8.16. The number of aliphatic carboxylic acids is 1. The van der Waals surface area contributed by atoms with Crippen molar-refractivity contribution in [3.8, 4) is 5.88 Å². The Kier molecular flexibility index (Phi) is 5.19. The van der Waals surface area contributed by atoms with E-state index in [1.165, 1.54) is 18.3 Å². The fraction of sp³-hybridized carbons (Fsp3) is 0.278. The van der Waals surface area contributed by atoms with Crippen LogP contribution in [-0.4, -0.2) is 28.1 Å². The van der Waals surface area contributed by atoms with Crippen molar-refractivity contribution in [3.63, 3.8) is 0 Å². The van der Waals surface area contributed by atoms with Gasteiger partial charge in [0.05, 0.1) is 0 Å². The summed E-state index contributed by atoms with van der Waals surface area (Å²) in [5.41, 5.74) is 0.731. The normalized spacial score (nSPS) is 15.1. The molecule has 0 bridgehead atoms. The van der Waals surface area contributed by atoms with Gasteiger partial charge in [0.25, 0.3) is 5.91 Å². The number of hydrogen-bond acceptors (Lipinski definition) is 4. The van der Waals surface area contributed by atoms with E-state index < -0.39 is 17.9 Å². The summed E-state index contributed by atoms with van der Waals surface area (Å²) in [4.78, 5) is 28.1. The number of benzene rings is 1. The van der Waals surface area contributed by atoms with E-state index in [-0.39, 0.29) is 6.10 Å². The first-order valence-electron chi connectivity index (χ1n) is 7.95. The van der Waals surface area contributed by atoms with Gasteiger partial charge in [-0.1, -0.05) is 23.7 Å². The van der Waals surface area contributed by atoms with Crippen LogP contribution in [0.4, 0.5) is 0 Å². The Morgan fingerprint density at radius 1 is 1.24 bits per heavy atom. The standard InChI is InChI=1S/C18H17ClN2O4/c19-13-6-4-11(5-7-13)16(18(23)24)21-17(22)12-8-9-20-15(10-12)25-14-2-1-3-14/h4-10,14,16H,1-3H2,(H,21,22)(H,23,24). The van der Waals surface area contributed by atoms with Gasteiger partial charge in [0.1, 0.15) is 6.10 Å². The Bertz CT molecular complexity index is 775. The number of aromatic nitrogens is 1. The zero-order valence-electron chi connectivity index (χ0n) is 13.3. The van der Waals surface area contributed by atoms with Gasteiger partial charge in [0.15, 0.2) is 6.04 Å². The molecule has 0 saturated heterocycles. The SMILES string of the molecule is O=C(NC(C(=O)O)c1ccc(Cl)cc1)c1ccnc(OC2CCC2)c1. The Hall–Kier alpha value is -2.60. The quantitative estimate of drug-likeness (QED) is 0.825. The number of carbonyl (C=O) groups is 2. The summed E-state index contributed by atoms with van der Waals surface area (Å²) < 4.78 is 5.67. The summed E-state index contributed by atoms with van der Waals surface area (Å²) in [5, 5.41) is 12.4. The van der Waals surface area contributed by atoms with E-state index in [1.54, 1.807) is 24.3 Å². The van der Waals surface area contributed by atoms with Crippen molar-refractivity contribution in [2.75, 3.05) is 0 Å². The van der Waals surface area contributed by atoms with Crippen LogP contribution in [0, 0.1) is 0 Å². The highest BCUT2D eigenvalue weighted by molar-refractivity contribution is 6.30. The topological polar surface area (TPSA) is 88.5 Å².